The first-order valence-corrected chi connectivity index (χ1v) is 11.2. The Morgan fingerprint density at radius 2 is 1.87 bits per heavy atom. The van der Waals surface area contributed by atoms with Crippen molar-refractivity contribution in [1.29, 1.82) is 0 Å². The molecule has 0 amide bonds. The minimum Gasteiger partial charge on any atom is -0.494 e. The van der Waals surface area contributed by atoms with Crippen LogP contribution in [0.1, 0.15) is 45.1 Å². The van der Waals surface area contributed by atoms with Crippen LogP contribution in [0.25, 0.3) is 0 Å². The Bertz CT molecular complexity index is 586. The van der Waals surface area contributed by atoms with Gasteiger partial charge in [-0.15, -0.1) is 24.0 Å². The molecule has 6 nitrogen and oxygen atoms in total. The number of rotatable bonds is 11. The van der Waals surface area contributed by atoms with Gasteiger partial charge in [0.2, 0.25) is 0 Å². The Morgan fingerprint density at radius 1 is 1.17 bits per heavy atom. The van der Waals surface area contributed by atoms with Crippen LogP contribution in [0.4, 0.5) is 0 Å². The Morgan fingerprint density at radius 3 is 2.47 bits per heavy atom. The number of hydrogen-bond acceptors (Lipinski definition) is 4. The number of aliphatic imine (C=N–C) groups is 1. The molecule has 0 spiro atoms. The molecule has 2 rings (SSSR count). The van der Waals surface area contributed by atoms with Gasteiger partial charge in [-0.3, -0.25) is 0 Å². The fourth-order valence-electron chi connectivity index (χ4n) is 3.56. The van der Waals surface area contributed by atoms with Crippen LogP contribution in [0, 0.1) is 0 Å². The number of benzene rings is 1. The lowest BCUT2D eigenvalue weighted by Gasteiger charge is -2.32. The second kappa shape index (κ2) is 15.7. The zero-order valence-corrected chi connectivity index (χ0v) is 21.7. The summed E-state index contributed by atoms with van der Waals surface area (Å²) in [6.07, 6.45) is 4.64. The fraction of sp³-hybridized carbons (Fsp3) is 0.696. The first-order valence-electron chi connectivity index (χ1n) is 11.2. The van der Waals surface area contributed by atoms with E-state index in [2.05, 4.69) is 60.5 Å². The third kappa shape index (κ3) is 10.8. The highest BCUT2D eigenvalue weighted by atomic mass is 127. The van der Waals surface area contributed by atoms with Gasteiger partial charge in [0.25, 0.3) is 0 Å². The van der Waals surface area contributed by atoms with E-state index < -0.39 is 0 Å². The number of guanidine groups is 1. The summed E-state index contributed by atoms with van der Waals surface area (Å²) < 4.78 is 5.81. The van der Waals surface area contributed by atoms with Crippen LogP contribution < -0.4 is 15.4 Å². The third-order valence-corrected chi connectivity index (χ3v) is 5.17. The molecule has 1 aromatic carbocycles. The Hall–Kier alpha value is -1.06. The standard InChI is InChI=1S/C23H41N5O.HI/c1-5-14-28-16-12-21(13-17-28)26-23(24-6-2)25-19-20-8-10-22(11-9-20)29-18-7-15-27(3)4;/h8-11,21H,5-7,12-19H2,1-4H3,(H2,24,25,26);1H. The van der Waals surface area contributed by atoms with Crippen LogP contribution in [0.2, 0.25) is 0 Å². The van der Waals surface area contributed by atoms with Crippen LogP contribution in [-0.2, 0) is 6.54 Å². The Balaban J connectivity index is 0.00000450. The van der Waals surface area contributed by atoms with Gasteiger partial charge in [0.1, 0.15) is 5.75 Å². The molecule has 0 aromatic heterocycles. The van der Waals surface area contributed by atoms with Crippen LogP contribution in [0.3, 0.4) is 0 Å². The summed E-state index contributed by atoms with van der Waals surface area (Å²) in [6.45, 7) is 11.3. The van der Waals surface area contributed by atoms with Crippen molar-refractivity contribution >= 4 is 29.9 Å². The number of nitrogens with zero attached hydrogens (tertiary/aromatic N) is 3. The minimum absolute atomic E-state index is 0. The minimum atomic E-state index is 0. The van der Waals surface area contributed by atoms with Gasteiger partial charge in [0, 0.05) is 32.2 Å². The van der Waals surface area contributed by atoms with Gasteiger partial charge in [-0.2, -0.15) is 0 Å². The highest BCUT2D eigenvalue weighted by Crippen LogP contribution is 2.14. The summed E-state index contributed by atoms with van der Waals surface area (Å²) in [4.78, 5) is 9.53. The van der Waals surface area contributed by atoms with E-state index in [0.717, 1.165) is 37.8 Å². The number of hydrogen-bond donors (Lipinski definition) is 2. The molecular weight excluding hydrogens is 489 g/mol. The second-order valence-electron chi connectivity index (χ2n) is 8.10. The van der Waals surface area contributed by atoms with Gasteiger partial charge in [-0.05, 0) is 70.9 Å². The summed E-state index contributed by atoms with van der Waals surface area (Å²) in [5.41, 5.74) is 1.20. The molecule has 0 unspecified atom stereocenters. The van der Waals surface area contributed by atoms with Crippen LogP contribution in [-0.4, -0.2) is 75.2 Å². The number of nitrogens with one attached hydrogen (secondary N) is 2. The predicted molar refractivity (Wildman–Crippen MR) is 138 cm³/mol. The van der Waals surface area contributed by atoms with Crippen molar-refractivity contribution in [2.45, 2.75) is 52.1 Å². The molecule has 0 atom stereocenters. The highest BCUT2D eigenvalue weighted by molar-refractivity contribution is 14.0. The van der Waals surface area contributed by atoms with Gasteiger partial charge in [-0.1, -0.05) is 19.1 Å². The molecule has 7 heteroatoms. The van der Waals surface area contributed by atoms with Gasteiger partial charge in [0.05, 0.1) is 13.2 Å². The SMILES string of the molecule is CCCN1CCC(NC(=NCc2ccc(OCCCN(C)C)cc2)NCC)CC1.I. The molecule has 1 aliphatic rings. The van der Waals surface area contributed by atoms with Crippen molar-refractivity contribution in [3.63, 3.8) is 0 Å². The second-order valence-corrected chi connectivity index (χ2v) is 8.10. The molecule has 2 N–H and O–H groups in total. The lowest BCUT2D eigenvalue weighted by atomic mass is 10.1. The van der Waals surface area contributed by atoms with Gasteiger partial charge < -0.3 is 25.2 Å². The van der Waals surface area contributed by atoms with E-state index in [1.807, 2.05) is 12.1 Å². The summed E-state index contributed by atoms with van der Waals surface area (Å²) >= 11 is 0. The van der Waals surface area contributed by atoms with E-state index in [1.54, 1.807) is 0 Å². The largest absolute Gasteiger partial charge is 0.494 e. The monoisotopic (exact) mass is 531 g/mol. The van der Waals surface area contributed by atoms with E-state index >= 15 is 0 Å². The lowest BCUT2D eigenvalue weighted by Crippen LogP contribution is -2.48. The summed E-state index contributed by atoms with van der Waals surface area (Å²) in [5, 5.41) is 7.02. The molecule has 1 saturated heterocycles. The van der Waals surface area contributed by atoms with E-state index in [0.29, 0.717) is 12.6 Å². The van der Waals surface area contributed by atoms with Crippen molar-refractivity contribution in [1.82, 2.24) is 20.4 Å². The number of halogens is 1. The molecule has 1 aliphatic heterocycles. The summed E-state index contributed by atoms with van der Waals surface area (Å²) in [5.74, 6) is 1.85. The zero-order chi connectivity index (χ0) is 20.9. The third-order valence-electron chi connectivity index (χ3n) is 5.17. The molecular formula is C23H42IN5O. The maximum absolute atomic E-state index is 5.81. The van der Waals surface area contributed by atoms with E-state index in [9.17, 15) is 0 Å². The van der Waals surface area contributed by atoms with Crippen molar-refractivity contribution in [3.8, 4) is 5.75 Å². The maximum atomic E-state index is 5.81. The topological polar surface area (TPSA) is 52.1 Å². The fourth-order valence-corrected chi connectivity index (χ4v) is 3.56. The molecule has 0 radical (unpaired) electrons. The molecule has 1 aromatic rings. The zero-order valence-electron chi connectivity index (χ0n) is 19.3. The van der Waals surface area contributed by atoms with Gasteiger partial charge >= 0.3 is 0 Å². The average molecular weight is 532 g/mol. The molecule has 30 heavy (non-hydrogen) atoms. The molecule has 0 bridgehead atoms. The van der Waals surface area contributed by atoms with Crippen molar-refractivity contribution in [3.05, 3.63) is 29.8 Å². The number of likely N-dealkylation sites (tertiary alicyclic amines) is 1. The number of piperidine rings is 1. The molecule has 1 fully saturated rings. The smallest absolute Gasteiger partial charge is 0.191 e. The molecule has 172 valence electrons. The first-order chi connectivity index (χ1) is 14.1. The van der Waals surface area contributed by atoms with Crippen LogP contribution in [0.15, 0.2) is 29.3 Å². The molecule has 0 aliphatic carbocycles. The van der Waals surface area contributed by atoms with Crippen molar-refractivity contribution in [2.75, 3.05) is 53.4 Å². The van der Waals surface area contributed by atoms with E-state index in [4.69, 9.17) is 9.73 Å². The molecule has 1 heterocycles. The van der Waals surface area contributed by atoms with Crippen molar-refractivity contribution < 1.29 is 4.74 Å². The van der Waals surface area contributed by atoms with E-state index in [-0.39, 0.29) is 24.0 Å². The Kier molecular flexibility index (Phi) is 14.1. The predicted octanol–water partition coefficient (Wildman–Crippen LogP) is 3.56. The van der Waals surface area contributed by atoms with Crippen LogP contribution in [0.5, 0.6) is 5.75 Å². The van der Waals surface area contributed by atoms with Crippen LogP contribution >= 0.6 is 24.0 Å². The first kappa shape index (κ1) is 27.0. The number of ether oxygens (including phenoxy) is 1. The van der Waals surface area contributed by atoms with Gasteiger partial charge in [-0.25, -0.2) is 4.99 Å². The van der Waals surface area contributed by atoms with E-state index in [1.165, 1.54) is 44.5 Å². The highest BCUT2D eigenvalue weighted by Gasteiger charge is 2.19. The van der Waals surface area contributed by atoms with Gasteiger partial charge in [0.15, 0.2) is 5.96 Å². The maximum Gasteiger partial charge on any atom is 0.191 e. The normalized spacial score (nSPS) is 15.7. The molecule has 0 saturated carbocycles. The summed E-state index contributed by atoms with van der Waals surface area (Å²) in [7, 11) is 4.17. The quantitative estimate of drug-likeness (QED) is 0.198. The summed E-state index contributed by atoms with van der Waals surface area (Å²) in [6, 6.07) is 8.82. The van der Waals surface area contributed by atoms with Crippen molar-refractivity contribution in [2.24, 2.45) is 4.99 Å². The Labute approximate surface area is 200 Å². The average Bonchev–Trinajstić information content (AvgIpc) is 2.72. The lowest BCUT2D eigenvalue weighted by molar-refractivity contribution is 0.206.